The number of carbonyl (C=O) groups is 1. The summed E-state index contributed by atoms with van der Waals surface area (Å²) in [6.07, 6.45) is 0.150. The van der Waals surface area contributed by atoms with E-state index in [9.17, 15) is 18.0 Å². The van der Waals surface area contributed by atoms with Crippen molar-refractivity contribution in [3.8, 4) is 11.8 Å². The summed E-state index contributed by atoms with van der Waals surface area (Å²) >= 11 is 0. The van der Waals surface area contributed by atoms with Crippen molar-refractivity contribution in [2.24, 2.45) is 0 Å². The summed E-state index contributed by atoms with van der Waals surface area (Å²) in [5.74, 6) is 3.76. The summed E-state index contributed by atoms with van der Waals surface area (Å²) in [5, 5.41) is 1.85. The van der Waals surface area contributed by atoms with Crippen LogP contribution in [0, 0.1) is 11.8 Å². The molecular weight excluding hydrogens is 279 g/mol. The predicted octanol–water partition coefficient (Wildman–Crippen LogP) is 4.51. The highest BCUT2D eigenvalue weighted by Gasteiger charge is 2.38. The van der Waals surface area contributed by atoms with E-state index < -0.39 is 12.1 Å². The lowest BCUT2D eigenvalue weighted by molar-refractivity contribution is -0.167. The Hall–Kier alpha value is -1.96. The highest BCUT2D eigenvalue weighted by Crippen LogP contribution is 2.20. The lowest BCUT2D eigenvalue weighted by Crippen LogP contribution is -2.30. The first-order valence-corrected chi connectivity index (χ1v) is 6.91. The van der Waals surface area contributed by atoms with Crippen molar-refractivity contribution in [3.63, 3.8) is 0 Å². The van der Waals surface area contributed by atoms with Gasteiger partial charge in [-0.05, 0) is 18.6 Å². The standard InChI is InChI=1S/C16H18F3NO/c1-2-3-4-5-6-7-10-13-11-8-9-12-14(13)20-15(21)16(17,18)19/h8-9,11-12H,2-6H2,1H3,(H,20,21). The molecule has 0 bridgehead atoms. The highest BCUT2D eigenvalue weighted by atomic mass is 19.4. The molecule has 0 aliphatic heterocycles. The first-order chi connectivity index (χ1) is 9.95. The van der Waals surface area contributed by atoms with E-state index in [1.165, 1.54) is 6.07 Å². The summed E-state index contributed by atoms with van der Waals surface area (Å²) in [7, 11) is 0. The zero-order valence-corrected chi connectivity index (χ0v) is 11.9. The van der Waals surface area contributed by atoms with Crippen molar-refractivity contribution in [2.75, 3.05) is 5.32 Å². The molecule has 1 amide bonds. The first-order valence-electron chi connectivity index (χ1n) is 6.91. The largest absolute Gasteiger partial charge is 0.471 e. The maximum absolute atomic E-state index is 12.2. The van der Waals surface area contributed by atoms with E-state index in [0.717, 1.165) is 25.7 Å². The maximum atomic E-state index is 12.2. The third-order valence-corrected chi connectivity index (χ3v) is 2.81. The summed E-state index contributed by atoms with van der Waals surface area (Å²) < 4.78 is 36.7. The van der Waals surface area contributed by atoms with Gasteiger partial charge in [-0.15, -0.1) is 0 Å². The second-order valence-corrected chi connectivity index (χ2v) is 4.61. The van der Waals surface area contributed by atoms with Crippen molar-refractivity contribution < 1.29 is 18.0 Å². The second kappa shape index (κ2) is 8.35. The van der Waals surface area contributed by atoms with Gasteiger partial charge in [0.25, 0.3) is 0 Å². The Labute approximate surface area is 122 Å². The molecule has 0 spiro atoms. The molecular formula is C16H18F3NO. The van der Waals surface area contributed by atoms with E-state index in [1.54, 1.807) is 18.2 Å². The monoisotopic (exact) mass is 297 g/mol. The molecule has 0 aliphatic rings. The van der Waals surface area contributed by atoms with Gasteiger partial charge in [0.05, 0.1) is 5.69 Å². The van der Waals surface area contributed by atoms with Gasteiger partial charge in [0.1, 0.15) is 0 Å². The average Bonchev–Trinajstić information content (AvgIpc) is 2.43. The van der Waals surface area contributed by atoms with Crippen LogP contribution in [0.3, 0.4) is 0 Å². The minimum atomic E-state index is -4.90. The van der Waals surface area contributed by atoms with Crippen LogP contribution in [-0.2, 0) is 4.79 Å². The molecule has 0 saturated carbocycles. The molecule has 1 N–H and O–H groups in total. The van der Waals surface area contributed by atoms with Gasteiger partial charge >= 0.3 is 12.1 Å². The Morgan fingerprint density at radius 1 is 1.19 bits per heavy atom. The smallest absolute Gasteiger partial charge is 0.317 e. The Balaban J connectivity index is 2.67. The molecule has 1 aromatic carbocycles. The van der Waals surface area contributed by atoms with Crippen molar-refractivity contribution >= 4 is 11.6 Å². The molecule has 0 aromatic heterocycles. The van der Waals surface area contributed by atoms with E-state index in [-0.39, 0.29) is 5.69 Å². The van der Waals surface area contributed by atoms with Gasteiger partial charge in [-0.2, -0.15) is 13.2 Å². The Kier molecular flexibility index (Phi) is 6.80. The molecule has 0 unspecified atom stereocenters. The van der Waals surface area contributed by atoms with E-state index in [2.05, 4.69) is 18.8 Å². The fourth-order valence-electron chi connectivity index (χ4n) is 1.69. The minimum absolute atomic E-state index is 0.0842. The van der Waals surface area contributed by atoms with Crippen LogP contribution in [0.2, 0.25) is 0 Å². The fourth-order valence-corrected chi connectivity index (χ4v) is 1.69. The molecule has 2 nitrogen and oxygen atoms in total. The van der Waals surface area contributed by atoms with Crippen molar-refractivity contribution in [3.05, 3.63) is 29.8 Å². The van der Waals surface area contributed by atoms with E-state index in [0.29, 0.717) is 12.0 Å². The van der Waals surface area contributed by atoms with Gasteiger partial charge in [0, 0.05) is 12.0 Å². The molecule has 0 saturated heterocycles. The van der Waals surface area contributed by atoms with Crippen LogP contribution in [0.25, 0.3) is 0 Å². The molecule has 5 heteroatoms. The van der Waals surface area contributed by atoms with E-state index in [4.69, 9.17) is 0 Å². The van der Waals surface area contributed by atoms with E-state index >= 15 is 0 Å². The summed E-state index contributed by atoms with van der Waals surface area (Å²) in [5.41, 5.74) is 0.478. The number of alkyl halides is 3. The van der Waals surface area contributed by atoms with Gasteiger partial charge in [-0.3, -0.25) is 4.79 Å². The van der Waals surface area contributed by atoms with E-state index in [1.807, 2.05) is 5.32 Å². The Morgan fingerprint density at radius 2 is 1.90 bits per heavy atom. The van der Waals surface area contributed by atoms with Crippen LogP contribution in [0.1, 0.15) is 44.6 Å². The van der Waals surface area contributed by atoms with Gasteiger partial charge in [-0.1, -0.05) is 50.2 Å². The van der Waals surface area contributed by atoms with Crippen LogP contribution < -0.4 is 5.32 Å². The zero-order chi connectivity index (χ0) is 15.7. The number of rotatable bonds is 5. The van der Waals surface area contributed by atoms with Crippen molar-refractivity contribution in [1.29, 1.82) is 0 Å². The quantitative estimate of drug-likeness (QED) is 0.629. The molecule has 0 heterocycles. The maximum Gasteiger partial charge on any atom is 0.471 e. The first kappa shape index (κ1) is 17.1. The van der Waals surface area contributed by atoms with Crippen LogP contribution in [0.15, 0.2) is 24.3 Å². The number of unbranched alkanes of at least 4 members (excludes halogenated alkanes) is 4. The molecule has 0 radical (unpaired) electrons. The number of benzene rings is 1. The normalized spacial score (nSPS) is 10.7. The number of amides is 1. The average molecular weight is 297 g/mol. The number of carbonyl (C=O) groups excluding carboxylic acids is 1. The minimum Gasteiger partial charge on any atom is -0.317 e. The lowest BCUT2D eigenvalue weighted by Gasteiger charge is -2.09. The number of anilines is 1. The number of hydrogen-bond donors (Lipinski definition) is 1. The zero-order valence-electron chi connectivity index (χ0n) is 11.9. The molecule has 0 aliphatic carbocycles. The predicted molar refractivity (Wildman–Crippen MR) is 76.8 cm³/mol. The van der Waals surface area contributed by atoms with Crippen molar-refractivity contribution in [1.82, 2.24) is 0 Å². The van der Waals surface area contributed by atoms with Crippen molar-refractivity contribution in [2.45, 2.75) is 45.2 Å². The summed E-state index contributed by atoms with van der Waals surface area (Å²) in [4.78, 5) is 11.0. The molecule has 114 valence electrons. The molecule has 0 fully saturated rings. The highest BCUT2D eigenvalue weighted by molar-refractivity contribution is 5.96. The van der Waals surface area contributed by atoms with Crippen LogP contribution in [0.4, 0.5) is 18.9 Å². The molecule has 21 heavy (non-hydrogen) atoms. The van der Waals surface area contributed by atoms with Gasteiger partial charge in [0.2, 0.25) is 0 Å². The molecule has 1 rings (SSSR count). The topological polar surface area (TPSA) is 29.1 Å². The SMILES string of the molecule is CCCCCCC#Cc1ccccc1NC(=O)C(F)(F)F. The Bertz CT molecular complexity index is 526. The number of nitrogens with one attached hydrogen (secondary N) is 1. The second-order valence-electron chi connectivity index (χ2n) is 4.61. The molecule has 0 atom stereocenters. The van der Waals surface area contributed by atoms with Gasteiger partial charge in [-0.25, -0.2) is 0 Å². The molecule has 1 aromatic rings. The fraction of sp³-hybridized carbons (Fsp3) is 0.438. The number of para-hydroxylation sites is 1. The summed E-state index contributed by atoms with van der Waals surface area (Å²) in [6.45, 7) is 2.12. The van der Waals surface area contributed by atoms with Gasteiger partial charge in [0.15, 0.2) is 0 Å². The van der Waals surface area contributed by atoms with Gasteiger partial charge < -0.3 is 5.32 Å². The summed E-state index contributed by atoms with van der Waals surface area (Å²) in [6, 6.07) is 6.22. The number of hydrogen-bond acceptors (Lipinski definition) is 1. The number of halogens is 3. The third-order valence-electron chi connectivity index (χ3n) is 2.81. The van der Waals surface area contributed by atoms with Crippen LogP contribution >= 0.6 is 0 Å². The lowest BCUT2D eigenvalue weighted by atomic mass is 10.1. The van der Waals surface area contributed by atoms with Crippen LogP contribution in [0.5, 0.6) is 0 Å². The van der Waals surface area contributed by atoms with Crippen LogP contribution in [-0.4, -0.2) is 12.1 Å². The third kappa shape index (κ3) is 6.35. The Morgan fingerprint density at radius 3 is 2.57 bits per heavy atom.